The van der Waals surface area contributed by atoms with Crippen LogP contribution in [0.2, 0.25) is 0 Å². The number of terminal acetylenes is 1. The van der Waals surface area contributed by atoms with E-state index in [1.165, 1.54) is 12.1 Å². The molecule has 0 amide bonds. The summed E-state index contributed by atoms with van der Waals surface area (Å²) < 4.78 is 21.3. The van der Waals surface area contributed by atoms with E-state index in [-0.39, 0.29) is 17.3 Å². The van der Waals surface area contributed by atoms with E-state index in [1.54, 1.807) is 12.1 Å². The molecule has 2 aromatic carbocycles. The molecule has 2 atom stereocenters. The maximum atomic E-state index is 13.3. The van der Waals surface area contributed by atoms with Gasteiger partial charge in [-0.2, -0.15) is 5.10 Å². The van der Waals surface area contributed by atoms with Crippen LogP contribution in [0, 0.1) is 23.6 Å². The fourth-order valence-electron chi connectivity index (χ4n) is 4.25. The van der Waals surface area contributed by atoms with Crippen LogP contribution in [0.15, 0.2) is 66.4 Å². The Kier molecular flexibility index (Phi) is 5.57. The Morgan fingerprint density at radius 2 is 1.93 bits per heavy atom. The molecule has 1 aliphatic rings. The van der Waals surface area contributed by atoms with Gasteiger partial charge in [-0.15, -0.1) is 6.42 Å². The predicted molar refractivity (Wildman–Crippen MR) is 118 cm³/mol. The van der Waals surface area contributed by atoms with Crippen LogP contribution < -0.4 is 0 Å². The zero-order valence-corrected chi connectivity index (χ0v) is 17.3. The molecule has 2 unspecified atom stereocenters. The summed E-state index contributed by atoms with van der Waals surface area (Å²) in [5.41, 5.74) is 4.74. The summed E-state index contributed by atoms with van der Waals surface area (Å²) in [5.74, 6) is 2.65. The summed E-state index contributed by atoms with van der Waals surface area (Å²) >= 11 is 0. The molecule has 0 saturated carbocycles. The number of hydrogen-bond donors (Lipinski definition) is 0. The van der Waals surface area contributed by atoms with Crippen LogP contribution in [-0.4, -0.2) is 16.4 Å². The number of aromatic nitrogens is 2. The smallest absolute Gasteiger partial charge is 0.123 e. The molecule has 0 N–H and O–H groups in total. The van der Waals surface area contributed by atoms with E-state index >= 15 is 0 Å². The number of fused-ring (bicyclic) bond motifs is 1. The van der Waals surface area contributed by atoms with Crippen LogP contribution in [0.4, 0.5) is 4.39 Å². The van der Waals surface area contributed by atoms with Gasteiger partial charge in [-0.1, -0.05) is 43.2 Å². The number of halogens is 1. The Balaban J connectivity index is 1.69. The molecule has 3 aromatic rings. The van der Waals surface area contributed by atoms with Crippen molar-refractivity contribution in [1.82, 2.24) is 9.78 Å². The maximum Gasteiger partial charge on any atom is 0.123 e. The minimum absolute atomic E-state index is 0.0355. The van der Waals surface area contributed by atoms with Crippen LogP contribution in [0.25, 0.3) is 11.8 Å². The molecule has 0 bridgehead atoms. The second-order valence-corrected chi connectivity index (χ2v) is 7.94. The lowest BCUT2D eigenvalue weighted by molar-refractivity contribution is 0.0332. The van der Waals surface area contributed by atoms with Gasteiger partial charge >= 0.3 is 0 Å². The molecule has 1 aliphatic carbocycles. The fourth-order valence-corrected chi connectivity index (χ4v) is 4.25. The Bertz CT molecular complexity index is 1090. The van der Waals surface area contributed by atoms with Crippen molar-refractivity contribution in [3.8, 4) is 18.0 Å². The minimum atomic E-state index is -0.268. The lowest BCUT2D eigenvalue weighted by Gasteiger charge is -2.36. The highest BCUT2D eigenvalue weighted by Crippen LogP contribution is 2.45. The Morgan fingerprint density at radius 3 is 2.60 bits per heavy atom. The first-order valence-electron chi connectivity index (χ1n) is 10.2. The molecule has 152 valence electrons. The molecule has 1 heterocycles. The first-order chi connectivity index (χ1) is 14.5. The van der Waals surface area contributed by atoms with E-state index in [0.717, 1.165) is 40.9 Å². The van der Waals surface area contributed by atoms with Gasteiger partial charge in [0.15, 0.2) is 0 Å². The minimum Gasteiger partial charge on any atom is -0.374 e. The van der Waals surface area contributed by atoms with Crippen molar-refractivity contribution in [2.24, 2.45) is 5.41 Å². The molecule has 4 rings (SSSR count). The third kappa shape index (κ3) is 3.81. The average molecular weight is 400 g/mol. The van der Waals surface area contributed by atoms with Gasteiger partial charge in [0, 0.05) is 17.6 Å². The SMILES string of the molecule is C#CC1=Cc2c(cnn2-c2ccc(F)cc2)CC1(C)CC(OCC)c1ccccc1. The molecular formula is C26H25FN2O. The summed E-state index contributed by atoms with van der Waals surface area (Å²) in [5, 5.41) is 4.56. The van der Waals surface area contributed by atoms with Crippen LogP contribution in [0.5, 0.6) is 0 Å². The van der Waals surface area contributed by atoms with Gasteiger partial charge in [0.1, 0.15) is 5.82 Å². The monoisotopic (exact) mass is 400 g/mol. The molecule has 0 spiro atoms. The van der Waals surface area contributed by atoms with E-state index in [2.05, 4.69) is 30.1 Å². The molecule has 0 radical (unpaired) electrons. The number of allylic oxidation sites excluding steroid dienone is 1. The molecule has 3 nitrogen and oxygen atoms in total. The molecule has 1 aromatic heterocycles. The molecule has 0 saturated heterocycles. The van der Waals surface area contributed by atoms with Crippen LogP contribution >= 0.6 is 0 Å². The Labute approximate surface area is 177 Å². The van der Waals surface area contributed by atoms with Gasteiger partial charge < -0.3 is 4.74 Å². The first kappa shape index (κ1) is 20.1. The van der Waals surface area contributed by atoms with Gasteiger partial charge in [0.25, 0.3) is 0 Å². The maximum absolute atomic E-state index is 13.3. The second-order valence-electron chi connectivity index (χ2n) is 7.94. The number of nitrogens with zero attached hydrogens (tertiary/aromatic N) is 2. The largest absolute Gasteiger partial charge is 0.374 e. The third-order valence-corrected chi connectivity index (χ3v) is 5.80. The van der Waals surface area contributed by atoms with Gasteiger partial charge in [-0.3, -0.25) is 0 Å². The van der Waals surface area contributed by atoms with Gasteiger partial charge in [0.05, 0.1) is 23.7 Å². The van der Waals surface area contributed by atoms with E-state index in [0.29, 0.717) is 6.61 Å². The Morgan fingerprint density at radius 1 is 1.20 bits per heavy atom. The zero-order chi connectivity index (χ0) is 21.1. The number of benzene rings is 2. The molecular weight excluding hydrogens is 375 g/mol. The quantitative estimate of drug-likeness (QED) is 0.492. The number of hydrogen-bond acceptors (Lipinski definition) is 2. The van der Waals surface area contributed by atoms with Crippen molar-refractivity contribution in [1.29, 1.82) is 0 Å². The van der Waals surface area contributed by atoms with Crippen molar-refractivity contribution in [3.05, 3.63) is 89.0 Å². The van der Waals surface area contributed by atoms with E-state index in [1.807, 2.05) is 42.1 Å². The third-order valence-electron chi connectivity index (χ3n) is 5.80. The summed E-state index contributed by atoms with van der Waals surface area (Å²) in [6.07, 6.45) is 11.4. The van der Waals surface area contributed by atoms with Crippen LogP contribution in [0.1, 0.15) is 43.2 Å². The van der Waals surface area contributed by atoms with Crippen LogP contribution in [-0.2, 0) is 11.2 Å². The lowest BCUT2D eigenvalue weighted by Crippen LogP contribution is -2.28. The van der Waals surface area contributed by atoms with E-state index < -0.39 is 0 Å². The predicted octanol–water partition coefficient (Wildman–Crippen LogP) is 5.76. The van der Waals surface area contributed by atoms with Crippen molar-refractivity contribution in [2.75, 3.05) is 6.61 Å². The zero-order valence-electron chi connectivity index (χ0n) is 17.3. The topological polar surface area (TPSA) is 27.1 Å². The van der Waals surface area contributed by atoms with Gasteiger partial charge in [-0.25, -0.2) is 9.07 Å². The number of rotatable bonds is 6. The first-order valence-corrected chi connectivity index (χ1v) is 10.2. The highest BCUT2D eigenvalue weighted by atomic mass is 19.1. The molecule has 4 heteroatoms. The van der Waals surface area contributed by atoms with Crippen LogP contribution in [0.3, 0.4) is 0 Å². The van der Waals surface area contributed by atoms with E-state index in [4.69, 9.17) is 11.2 Å². The van der Waals surface area contributed by atoms with Crippen molar-refractivity contribution in [3.63, 3.8) is 0 Å². The highest BCUT2D eigenvalue weighted by Gasteiger charge is 2.37. The van der Waals surface area contributed by atoms with E-state index in [9.17, 15) is 4.39 Å². The summed E-state index contributed by atoms with van der Waals surface area (Å²) in [4.78, 5) is 0. The number of ether oxygens (including phenoxy) is 1. The average Bonchev–Trinajstić information content (AvgIpc) is 3.16. The fraction of sp³-hybridized carbons (Fsp3) is 0.269. The normalized spacial score (nSPS) is 18.9. The van der Waals surface area contributed by atoms with Gasteiger partial charge in [0.2, 0.25) is 0 Å². The highest BCUT2D eigenvalue weighted by molar-refractivity contribution is 5.65. The molecule has 0 fully saturated rings. The summed E-state index contributed by atoms with van der Waals surface area (Å²) in [7, 11) is 0. The van der Waals surface area contributed by atoms with Crippen molar-refractivity contribution >= 4 is 6.08 Å². The second kappa shape index (κ2) is 8.30. The molecule has 30 heavy (non-hydrogen) atoms. The molecule has 0 aliphatic heterocycles. The standard InChI is InChI=1S/C26H25FN2O/c1-4-21-15-24-20(18-28-29(24)23-13-11-22(27)12-14-23)16-26(21,3)17-25(30-5-2)19-9-7-6-8-10-19/h1,6-15,18,25H,5,16-17H2,2-3H3. The summed E-state index contributed by atoms with van der Waals surface area (Å²) in [6.45, 7) is 4.85. The summed E-state index contributed by atoms with van der Waals surface area (Å²) in [6, 6.07) is 16.6. The van der Waals surface area contributed by atoms with Crippen molar-refractivity contribution in [2.45, 2.75) is 32.8 Å². The lowest BCUT2D eigenvalue weighted by atomic mass is 9.69. The van der Waals surface area contributed by atoms with Gasteiger partial charge in [-0.05, 0) is 61.2 Å². The Hall–Kier alpha value is -3.16. The van der Waals surface area contributed by atoms with Crippen molar-refractivity contribution < 1.29 is 9.13 Å².